The number of hydrogen-bond acceptors (Lipinski definition) is 2. The van der Waals surface area contributed by atoms with E-state index in [1.54, 1.807) is 18.3 Å². The maximum atomic E-state index is 12.7. The Balaban J connectivity index is 2.03. The second-order valence-electron chi connectivity index (χ2n) is 3.40. The Bertz CT molecular complexity index is 523. The normalized spacial score (nSPS) is 10.7. The highest BCUT2D eigenvalue weighted by atomic mass is 79.9. The van der Waals surface area contributed by atoms with E-state index in [0.29, 0.717) is 0 Å². The number of benzene rings is 2. The number of hydrogen-bond donors (Lipinski definition) is 1. The lowest BCUT2D eigenvalue weighted by atomic mass is 10.2. The summed E-state index contributed by atoms with van der Waals surface area (Å²) in [7, 11) is 0. The van der Waals surface area contributed by atoms with Crippen LogP contribution < -0.4 is 5.43 Å². The average Bonchev–Trinajstić information content (AvgIpc) is 2.34. The molecule has 0 amide bonds. The zero-order valence-corrected chi connectivity index (χ0v) is 10.5. The van der Waals surface area contributed by atoms with Crippen molar-refractivity contribution in [2.24, 2.45) is 5.10 Å². The lowest BCUT2D eigenvalue weighted by Gasteiger charge is -2.00. The van der Waals surface area contributed by atoms with E-state index in [9.17, 15) is 4.39 Å². The van der Waals surface area contributed by atoms with Gasteiger partial charge in [-0.2, -0.15) is 5.10 Å². The van der Waals surface area contributed by atoms with Gasteiger partial charge in [0, 0.05) is 10.0 Å². The second-order valence-corrected chi connectivity index (χ2v) is 4.25. The Morgan fingerprint density at radius 2 is 1.76 bits per heavy atom. The summed E-state index contributed by atoms with van der Waals surface area (Å²) >= 11 is 3.42. The van der Waals surface area contributed by atoms with Gasteiger partial charge in [0.2, 0.25) is 0 Å². The molecule has 0 saturated carbocycles. The van der Waals surface area contributed by atoms with E-state index in [0.717, 1.165) is 15.7 Å². The Morgan fingerprint density at radius 1 is 1.06 bits per heavy atom. The molecule has 0 unspecified atom stereocenters. The van der Waals surface area contributed by atoms with Gasteiger partial charge in [0.15, 0.2) is 0 Å². The summed E-state index contributed by atoms with van der Waals surface area (Å²) in [6.07, 6.45) is 1.70. The van der Waals surface area contributed by atoms with E-state index in [-0.39, 0.29) is 5.82 Å². The molecular weight excluding hydrogens is 283 g/mol. The highest BCUT2D eigenvalue weighted by molar-refractivity contribution is 9.10. The molecule has 0 aliphatic heterocycles. The molecule has 0 heterocycles. The zero-order chi connectivity index (χ0) is 12.1. The van der Waals surface area contributed by atoms with Crippen LogP contribution in [0, 0.1) is 5.82 Å². The highest BCUT2D eigenvalue weighted by Crippen LogP contribution is 2.14. The maximum absolute atomic E-state index is 12.7. The number of rotatable bonds is 3. The van der Waals surface area contributed by atoms with Crippen LogP contribution in [-0.2, 0) is 0 Å². The molecule has 0 atom stereocenters. The molecule has 0 aromatic heterocycles. The van der Waals surface area contributed by atoms with Crippen LogP contribution in [0.2, 0.25) is 0 Å². The zero-order valence-electron chi connectivity index (χ0n) is 8.90. The minimum atomic E-state index is -0.259. The van der Waals surface area contributed by atoms with E-state index < -0.39 is 0 Å². The summed E-state index contributed by atoms with van der Waals surface area (Å²) < 4.78 is 13.6. The first-order chi connectivity index (χ1) is 8.25. The standard InChI is InChI=1S/C13H10BrFN2/c14-13-4-2-1-3-10(13)9-16-17-12-7-5-11(15)6-8-12/h1-9,17H/b16-9+. The Kier molecular flexibility index (Phi) is 3.88. The van der Waals surface area contributed by atoms with Gasteiger partial charge in [0.05, 0.1) is 11.9 Å². The maximum Gasteiger partial charge on any atom is 0.123 e. The van der Waals surface area contributed by atoms with E-state index in [2.05, 4.69) is 26.5 Å². The molecule has 0 radical (unpaired) electrons. The van der Waals surface area contributed by atoms with Crippen LogP contribution in [0.1, 0.15) is 5.56 Å². The Labute approximate surface area is 107 Å². The summed E-state index contributed by atoms with van der Waals surface area (Å²) in [6.45, 7) is 0. The van der Waals surface area contributed by atoms with Crippen LogP contribution in [0.4, 0.5) is 10.1 Å². The van der Waals surface area contributed by atoms with Crippen LogP contribution >= 0.6 is 15.9 Å². The first kappa shape index (κ1) is 11.8. The summed E-state index contributed by atoms with van der Waals surface area (Å²) in [5, 5.41) is 4.07. The van der Waals surface area contributed by atoms with E-state index in [1.165, 1.54) is 12.1 Å². The fraction of sp³-hybridized carbons (Fsp3) is 0. The third kappa shape index (κ3) is 3.39. The Hall–Kier alpha value is -1.68. The lowest BCUT2D eigenvalue weighted by Crippen LogP contribution is -1.91. The van der Waals surface area contributed by atoms with Gasteiger partial charge in [-0.25, -0.2) is 4.39 Å². The first-order valence-corrected chi connectivity index (χ1v) is 5.84. The monoisotopic (exact) mass is 292 g/mol. The van der Waals surface area contributed by atoms with Gasteiger partial charge in [0.1, 0.15) is 5.82 Å². The van der Waals surface area contributed by atoms with Crippen LogP contribution in [0.3, 0.4) is 0 Å². The summed E-state index contributed by atoms with van der Waals surface area (Å²) in [5.41, 5.74) is 4.55. The van der Waals surface area contributed by atoms with Crippen LogP contribution in [0.5, 0.6) is 0 Å². The van der Waals surface area contributed by atoms with Gasteiger partial charge in [0.25, 0.3) is 0 Å². The molecule has 2 rings (SSSR count). The predicted octanol–water partition coefficient (Wildman–Crippen LogP) is 4.03. The third-order valence-corrected chi connectivity index (χ3v) is 2.87. The number of hydrazone groups is 1. The smallest absolute Gasteiger partial charge is 0.123 e. The van der Waals surface area contributed by atoms with Crippen molar-refractivity contribution >= 4 is 27.8 Å². The lowest BCUT2D eigenvalue weighted by molar-refractivity contribution is 0.628. The van der Waals surface area contributed by atoms with Crippen LogP contribution in [0.15, 0.2) is 58.1 Å². The Morgan fingerprint density at radius 3 is 2.47 bits per heavy atom. The van der Waals surface area contributed by atoms with Crippen molar-refractivity contribution in [3.05, 3.63) is 64.4 Å². The fourth-order valence-electron chi connectivity index (χ4n) is 1.28. The minimum absolute atomic E-state index is 0.259. The largest absolute Gasteiger partial charge is 0.279 e. The van der Waals surface area contributed by atoms with Gasteiger partial charge >= 0.3 is 0 Å². The molecule has 0 bridgehead atoms. The molecular formula is C13H10BrFN2. The molecule has 0 aliphatic rings. The molecule has 4 heteroatoms. The predicted molar refractivity (Wildman–Crippen MR) is 71.8 cm³/mol. The van der Waals surface area contributed by atoms with Crippen molar-refractivity contribution in [1.29, 1.82) is 0 Å². The number of anilines is 1. The van der Waals surface area contributed by atoms with E-state index in [4.69, 9.17) is 0 Å². The first-order valence-electron chi connectivity index (χ1n) is 5.05. The molecule has 86 valence electrons. The molecule has 2 nitrogen and oxygen atoms in total. The SMILES string of the molecule is Fc1ccc(N/N=C/c2ccccc2Br)cc1. The minimum Gasteiger partial charge on any atom is -0.279 e. The molecule has 0 spiro atoms. The molecule has 2 aromatic rings. The number of halogens is 2. The third-order valence-electron chi connectivity index (χ3n) is 2.15. The van der Waals surface area contributed by atoms with Gasteiger partial charge < -0.3 is 0 Å². The highest BCUT2D eigenvalue weighted by Gasteiger charge is 1.94. The van der Waals surface area contributed by atoms with E-state index in [1.807, 2.05) is 24.3 Å². The van der Waals surface area contributed by atoms with Crippen LogP contribution in [0.25, 0.3) is 0 Å². The van der Waals surface area contributed by atoms with Gasteiger partial charge in [-0.3, -0.25) is 5.43 Å². The molecule has 1 N–H and O–H groups in total. The number of nitrogens with one attached hydrogen (secondary N) is 1. The molecule has 0 aliphatic carbocycles. The average molecular weight is 293 g/mol. The van der Waals surface area contributed by atoms with Crippen molar-refractivity contribution in [3.8, 4) is 0 Å². The molecule has 0 saturated heterocycles. The van der Waals surface area contributed by atoms with Gasteiger partial charge in [-0.1, -0.05) is 34.1 Å². The summed E-state index contributed by atoms with van der Waals surface area (Å²) in [4.78, 5) is 0. The van der Waals surface area contributed by atoms with Crippen molar-refractivity contribution in [3.63, 3.8) is 0 Å². The fourth-order valence-corrected chi connectivity index (χ4v) is 1.67. The number of nitrogens with zero attached hydrogens (tertiary/aromatic N) is 1. The van der Waals surface area contributed by atoms with Crippen molar-refractivity contribution < 1.29 is 4.39 Å². The summed E-state index contributed by atoms with van der Waals surface area (Å²) in [6, 6.07) is 13.8. The molecule has 0 fully saturated rings. The summed E-state index contributed by atoms with van der Waals surface area (Å²) in [5.74, 6) is -0.259. The van der Waals surface area contributed by atoms with Crippen molar-refractivity contribution in [2.45, 2.75) is 0 Å². The van der Waals surface area contributed by atoms with Gasteiger partial charge in [-0.15, -0.1) is 0 Å². The molecule has 2 aromatic carbocycles. The second kappa shape index (κ2) is 5.59. The van der Waals surface area contributed by atoms with Crippen molar-refractivity contribution in [2.75, 3.05) is 5.43 Å². The van der Waals surface area contributed by atoms with E-state index >= 15 is 0 Å². The topological polar surface area (TPSA) is 24.4 Å². The van der Waals surface area contributed by atoms with Crippen molar-refractivity contribution in [1.82, 2.24) is 0 Å². The quantitative estimate of drug-likeness (QED) is 0.670. The molecule has 17 heavy (non-hydrogen) atoms. The van der Waals surface area contributed by atoms with Crippen LogP contribution in [-0.4, -0.2) is 6.21 Å². The van der Waals surface area contributed by atoms with Gasteiger partial charge in [-0.05, 0) is 30.3 Å².